The van der Waals surface area contributed by atoms with Crippen molar-refractivity contribution in [1.82, 2.24) is 4.98 Å². The van der Waals surface area contributed by atoms with Crippen molar-refractivity contribution in [1.29, 1.82) is 0 Å². The van der Waals surface area contributed by atoms with Gasteiger partial charge in [-0.25, -0.2) is 8.78 Å². The van der Waals surface area contributed by atoms with Crippen LogP contribution in [-0.4, -0.2) is 4.98 Å². The van der Waals surface area contributed by atoms with E-state index in [4.69, 9.17) is 5.73 Å². The van der Waals surface area contributed by atoms with Crippen LogP contribution >= 0.6 is 0 Å². The first-order valence-corrected chi connectivity index (χ1v) is 5.99. The van der Waals surface area contributed by atoms with Crippen LogP contribution in [0.15, 0.2) is 48.8 Å². The Morgan fingerprint density at radius 2 is 1.80 bits per heavy atom. The number of benzene rings is 2. The number of hydrogen-bond acceptors (Lipinski definition) is 3. The first-order valence-electron chi connectivity index (χ1n) is 5.99. The van der Waals surface area contributed by atoms with Gasteiger partial charge in [0.2, 0.25) is 0 Å². The van der Waals surface area contributed by atoms with Crippen LogP contribution in [0.3, 0.4) is 0 Å². The molecule has 0 saturated carbocycles. The molecular weight excluding hydrogens is 260 g/mol. The summed E-state index contributed by atoms with van der Waals surface area (Å²) in [7, 11) is 0. The van der Waals surface area contributed by atoms with E-state index < -0.39 is 11.6 Å². The predicted octanol–water partition coefficient (Wildman–Crippen LogP) is 3.84. The van der Waals surface area contributed by atoms with Gasteiger partial charge in [-0.3, -0.25) is 4.98 Å². The highest BCUT2D eigenvalue weighted by Crippen LogP contribution is 2.30. The molecule has 100 valence electrons. The average molecular weight is 271 g/mol. The molecule has 0 bridgehead atoms. The van der Waals surface area contributed by atoms with Gasteiger partial charge in [0.1, 0.15) is 11.6 Å². The lowest BCUT2D eigenvalue weighted by molar-refractivity contribution is 0.603. The third-order valence-corrected chi connectivity index (χ3v) is 3.05. The van der Waals surface area contributed by atoms with Gasteiger partial charge < -0.3 is 11.1 Å². The number of hydrogen-bond donors (Lipinski definition) is 2. The Kier molecular flexibility index (Phi) is 2.95. The molecule has 0 unspecified atom stereocenters. The molecule has 3 aromatic rings. The van der Waals surface area contributed by atoms with Crippen LogP contribution < -0.4 is 11.1 Å². The first-order chi connectivity index (χ1) is 9.65. The minimum Gasteiger partial charge on any atom is -0.398 e. The van der Waals surface area contributed by atoms with Crippen LogP contribution in [0, 0.1) is 11.6 Å². The Bertz CT molecular complexity index is 787. The third-order valence-electron chi connectivity index (χ3n) is 3.05. The van der Waals surface area contributed by atoms with Crippen molar-refractivity contribution in [3.8, 4) is 0 Å². The summed E-state index contributed by atoms with van der Waals surface area (Å²) in [5.74, 6) is -1.04. The number of nitrogens with zero attached hydrogens (tertiary/aromatic N) is 1. The molecule has 0 aliphatic carbocycles. The second-order valence-electron chi connectivity index (χ2n) is 4.37. The van der Waals surface area contributed by atoms with Gasteiger partial charge in [-0.05, 0) is 30.3 Å². The summed E-state index contributed by atoms with van der Waals surface area (Å²) in [6.07, 6.45) is 3.26. The fourth-order valence-electron chi connectivity index (χ4n) is 2.06. The molecule has 0 fully saturated rings. The second kappa shape index (κ2) is 4.77. The fourth-order valence-corrected chi connectivity index (χ4v) is 2.06. The highest BCUT2D eigenvalue weighted by molar-refractivity contribution is 6.01. The number of nitrogen functional groups attached to an aromatic ring is 1. The van der Waals surface area contributed by atoms with Gasteiger partial charge in [0.25, 0.3) is 0 Å². The molecule has 20 heavy (non-hydrogen) atoms. The van der Waals surface area contributed by atoms with E-state index in [1.54, 1.807) is 30.6 Å². The number of aromatic nitrogens is 1. The molecule has 1 heterocycles. The Morgan fingerprint density at radius 3 is 2.65 bits per heavy atom. The van der Waals surface area contributed by atoms with E-state index in [9.17, 15) is 8.78 Å². The lowest BCUT2D eigenvalue weighted by Crippen LogP contribution is -1.97. The van der Waals surface area contributed by atoms with Gasteiger partial charge in [-0.15, -0.1) is 0 Å². The minimum absolute atomic E-state index is 0.0694. The summed E-state index contributed by atoms with van der Waals surface area (Å²) in [6, 6.07) is 8.45. The zero-order chi connectivity index (χ0) is 14.1. The maximum atomic E-state index is 13.7. The molecule has 1 aromatic heterocycles. The van der Waals surface area contributed by atoms with Gasteiger partial charge in [0.15, 0.2) is 0 Å². The standard InChI is InChI=1S/C15H11F2N3/c16-9-1-2-12(17)15(7-9)20-14-4-3-13(18)10-5-6-19-8-11(10)14/h1-8,20H,18H2. The minimum atomic E-state index is -0.528. The lowest BCUT2D eigenvalue weighted by Gasteiger charge is -2.11. The van der Waals surface area contributed by atoms with Gasteiger partial charge in [0, 0.05) is 40.6 Å². The highest BCUT2D eigenvalue weighted by atomic mass is 19.1. The fraction of sp³-hybridized carbons (Fsp3) is 0. The molecule has 0 radical (unpaired) electrons. The van der Waals surface area contributed by atoms with E-state index >= 15 is 0 Å². The average Bonchev–Trinajstić information content (AvgIpc) is 2.46. The largest absolute Gasteiger partial charge is 0.398 e. The Morgan fingerprint density at radius 1 is 0.950 bits per heavy atom. The molecule has 0 amide bonds. The molecule has 3 N–H and O–H groups in total. The molecule has 0 saturated heterocycles. The monoisotopic (exact) mass is 271 g/mol. The van der Waals surface area contributed by atoms with E-state index in [-0.39, 0.29) is 5.69 Å². The quantitative estimate of drug-likeness (QED) is 0.696. The molecule has 2 aromatic carbocycles. The van der Waals surface area contributed by atoms with Gasteiger partial charge in [-0.1, -0.05) is 0 Å². The van der Waals surface area contributed by atoms with Crippen molar-refractivity contribution >= 4 is 27.8 Å². The SMILES string of the molecule is Nc1ccc(Nc2cc(F)ccc2F)c2cnccc12. The summed E-state index contributed by atoms with van der Waals surface area (Å²) in [6.45, 7) is 0. The van der Waals surface area contributed by atoms with Crippen molar-refractivity contribution in [2.75, 3.05) is 11.1 Å². The zero-order valence-corrected chi connectivity index (χ0v) is 10.4. The number of nitrogens with two attached hydrogens (primary N) is 1. The molecule has 5 heteroatoms. The number of anilines is 3. The van der Waals surface area contributed by atoms with E-state index in [0.29, 0.717) is 11.4 Å². The summed E-state index contributed by atoms with van der Waals surface area (Å²) < 4.78 is 26.9. The van der Waals surface area contributed by atoms with Crippen LogP contribution in [0.1, 0.15) is 0 Å². The molecule has 3 rings (SSSR count). The summed E-state index contributed by atoms with van der Waals surface area (Å²) >= 11 is 0. The molecule has 3 nitrogen and oxygen atoms in total. The Labute approximate surface area is 114 Å². The van der Waals surface area contributed by atoms with E-state index in [1.807, 2.05) is 0 Å². The maximum Gasteiger partial charge on any atom is 0.146 e. The van der Waals surface area contributed by atoms with Crippen LogP contribution in [0.25, 0.3) is 10.8 Å². The number of rotatable bonds is 2. The predicted molar refractivity (Wildman–Crippen MR) is 75.8 cm³/mol. The number of fused-ring (bicyclic) bond motifs is 1. The maximum absolute atomic E-state index is 13.7. The third kappa shape index (κ3) is 2.14. The van der Waals surface area contributed by atoms with Gasteiger partial charge >= 0.3 is 0 Å². The molecular formula is C15H11F2N3. The van der Waals surface area contributed by atoms with Crippen molar-refractivity contribution in [3.05, 3.63) is 60.4 Å². The lowest BCUT2D eigenvalue weighted by atomic mass is 10.1. The molecule has 0 spiro atoms. The molecule has 0 atom stereocenters. The smallest absolute Gasteiger partial charge is 0.146 e. The van der Waals surface area contributed by atoms with Crippen LogP contribution in [0.5, 0.6) is 0 Å². The normalized spacial score (nSPS) is 10.7. The highest BCUT2D eigenvalue weighted by Gasteiger charge is 2.08. The number of halogens is 2. The van der Waals surface area contributed by atoms with Crippen molar-refractivity contribution in [3.63, 3.8) is 0 Å². The van der Waals surface area contributed by atoms with E-state index in [0.717, 1.165) is 29.0 Å². The Balaban J connectivity index is 2.11. The van der Waals surface area contributed by atoms with Gasteiger partial charge in [0.05, 0.1) is 5.69 Å². The topological polar surface area (TPSA) is 50.9 Å². The molecule has 0 aliphatic rings. The van der Waals surface area contributed by atoms with Crippen molar-refractivity contribution in [2.45, 2.75) is 0 Å². The summed E-state index contributed by atoms with van der Waals surface area (Å²) in [4.78, 5) is 4.03. The summed E-state index contributed by atoms with van der Waals surface area (Å²) in [5, 5.41) is 4.43. The second-order valence-corrected chi connectivity index (χ2v) is 4.37. The Hall–Kier alpha value is -2.69. The summed E-state index contributed by atoms with van der Waals surface area (Å²) in [5.41, 5.74) is 7.17. The molecule has 0 aliphatic heterocycles. The first kappa shape index (κ1) is 12.3. The van der Waals surface area contributed by atoms with Gasteiger partial charge in [-0.2, -0.15) is 0 Å². The van der Waals surface area contributed by atoms with E-state index in [2.05, 4.69) is 10.3 Å². The van der Waals surface area contributed by atoms with Crippen LogP contribution in [-0.2, 0) is 0 Å². The van der Waals surface area contributed by atoms with E-state index in [1.165, 1.54) is 0 Å². The van der Waals surface area contributed by atoms with Crippen molar-refractivity contribution in [2.24, 2.45) is 0 Å². The van der Waals surface area contributed by atoms with Crippen LogP contribution in [0.4, 0.5) is 25.8 Å². The zero-order valence-electron chi connectivity index (χ0n) is 10.4. The van der Waals surface area contributed by atoms with Crippen LogP contribution in [0.2, 0.25) is 0 Å². The van der Waals surface area contributed by atoms with Crippen molar-refractivity contribution < 1.29 is 8.78 Å². The number of nitrogens with one attached hydrogen (secondary N) is 1. The number of pyridine rings is 1.